The van der Waals surface area contributed by atoms with Crippen LogP contribution in [0.4, 0.5) is 8.78 Å². The molecule has 6 heteroatoms. The first-order valence-electron chi connectivity index (χ1n) is 7.98. The normalized spacial score (nSPS) is 31.2. The van der Waals surface area contributed by atoms with Crippen LogP contribution in [0.25, 0.3) is 0 Å². The molecule has 1 N–H and O–H groups in total. The van der Waals surface area contributed by atoms with Crippen LogP contribution in [0.3, 0.4) is 0 Å². The third-order valence-electron chi connectivity index (χ3n) is 5.45. The fraction of sp³-hybridized carbons (Fsp3) is 0.647. The van der Waals surface area contributed by atoms with Gasteiger partial charge in [-0.25, -0.2) is 0 Å². The number of aliphatic hydroxyl groups is 1. The first-order valence-corrected chi connectivity index (χ1v) is 7.98. The van der Waals surface area contributed by atoms with Crippen molar-refractivity contribution >= 4 is 0 Å². The topological polar surface area (TPSA) is 41.9 Å². The van der Waals surface area contributed by atoms with Crippen molar-refractivity contribution in [3.8, 4) is 11.5 Å². The molecule has 2 unspecified atom stereocenters. The van der Waals surface area contributed by atoms with Crippen molar-refractivity contribution in [1.29, 1.82) is 0 Å². The number of benzene rings is 1. The van der Waals surface area contributed by atoms with Crippen molar-refractivity contribution < 1.29 is 23.4 Å². The Labute approximate surface area is 135 Å². The van der Waals surface area contributed by atoms with E-state index in [2.05, 4.69) is 16.7 Å². The summed E-state index contributed by atoms with van der Waals surface area (Å²) in [5.41, 5.74) is 1.03. The molecule has 1 heterocycles. The smallest absolute Gasteiger partial charge is 0.387 e. The van der Waals surface area contributed by atoms with E-state index in [1.165, 1.54) is 7.11 Å². The van der Waals surface area contributed by atoms with Crippen LogP contribution in [0.2, 0.25) is 0 Å². The summed E-state index contributed by atoms with van der Waals surface area (Å²) in [6.07, 6.45) is 3.13. The Balaban J connectivity index is 1.96. The molecule has 128 valence electrons. The number of ether oxygens (including phenoxy) is 2. The molecular formula is C17H23F2NO3. The summed E-state index contributed by atoms with van der Waals surface area (Å²) in [5, 5.41) is 10.0. The van der Waals surface area contributed by atoms with Crippen LogP contribution in [0, 0.1) is 0 Å². The molecule has 1 aliphatic carbocycles. The molecule has 0 aromatic heterocycles. The van der Waals surface area contributed by atoms with Crippen LogP contribution in [0.1, 0.15) is 31.2 Å². The van der Waals surface area contributed by atoms with Gasteiger partial charge in [0.15, 0.2) is 11.5 Å². The Morgan fingerprint density at radius 3 is 2.78 bits per heavy atom. The van der Waals surface area contributed by atoms with Gasteiger partial charge in [-0.15, -0.1) is 0 Å². The fourth-order valence-electron chi connectivity index (χ4n) is 4.27. The Morgan fingerprint density at radius 2 is 2.09 bits per heavy atom. The van der Waals surface area contributed by atoms with E-state index in [1.54, 1.807) is 6.07 Å². The monoisotopic (exact) mass is 327 g/mol. The van der Waals surface area contributed by atoms with E-state index in [4.69, 9.17) is 4.74 Å². The first kappa shape index (κ1) is 16.5. The third kappa shape index (κ3) is 2.90. The van der Waals surface area contributed by atoms with Gasteiger partial charge >= 0.3 is 6.61 Å². The number of hydrogen-bond acceptors (Lipinski definition) is 4. The van der Waals surface area contributed by atoms with Gasteiger partial charge in [-0.2, -0.15) is 8.78 Å². The summed E-state index contributed by atoms with van der Waals surface area (Å²) in [4.78, 5) is 2.29. The average Bonchev–Trinajstić information content (AvgIpc) is 2.85. The summed E-state index contributed by atoms with van der Waals surface area (Å²) < 4.78 is 34.7. The highest BCUT2D eigenvalue weighted by atomic mass is 19.3. The third-order valence-corrected chi connectivity index (χ3v) is 5.45. The summed E-state index contributed by atoms with van der Waals surface area (Å²) in [6.45, 7) is -1.90. The predicted octanol–water partition coefficient (Wildman–Crippen LogP) is 2.78. The summed E-state index contributed by atoms with van der Waals surface area (Å²) >= 11 is 0. The van der Waals surface area contributed by atoms with Gasteiger partial charge in [0.2, 0.25) is 0 Å². The highest BCUT2D eigenvalue weighted by molar-refractivity contribution is 5.46. The van der Waals surface area contributed by atoms with Crippen molar-refractivity contribution in [2.75, 3.05) is 20.7 Å². The maximum atomic E-state index is 12.5. The van der Waals surface area contributed by atoms with E-state index < -0.39 is 6.61 Å². The number of nitrogens with zero attached hydrogens (tertiary/aromatic N) is 1. The molecule has 1 aliphatic heterocycles. The van der Waals surface area contributed by atoms with Crippen LogP contribution in [0.5, 0.6) is 11.5 Å². The molecule has 4 nitrogen and oxygen atoms in total. The largest absolute Gasteiger partial charge is 0.493 e. The van der Waals surface area contributed by atoms with E-state index in [0.29, 0.717) is 5.75 Å². The minimum absolute atomic E-state index is 0.0510. The van der Waals surface area contributed by atoms with E-state index in [9.17, 15) is 13.9 Å². The molecule has 0 amide bonds. The van der Waals surface area contributed by atoms with E-state index >= 15 is 0 Å². The van der Waals surface area contributed by atoms with E-state index in [-0.39, 0.29) is 23.3 Å². The lowest BCUT2D eigenvalue weighted by Gasteiger charge is -2.43. The Bertz CT molecular complexity index is 569. The highest BCUT2D eigenvalue weighted by Gasteiger charge is 2.50. The Kier molecular flexibility index (Phi) is 4.47. The Hall–Kier alpha value is -1.40. The molecule has 23 heavy (non-hydrogen) atoms. The molecule has 3 atom stereocenters. The number of likely N-dealkylation sites (N-methyl/N-ethyl adjacent to an activating group) is 1. The molecule has 2 aliphatic rings. The predicted molar refractivity (Wildman–Crippen MR) is 82.2 cm³/mol. The molecule has 0 radical (unpaired) electrons. The molecule has 0 spiro atoms. The summed E-state index contributed by atoms with van der Waals surface area (Å²) in [7, 11) is 3.54. The molecule has 0 bridgehead atoms. The number of fused-ring (bicyclic) bond motifs is 1. The average molecular weight is 327 g/mol. The number of methoxy groups -OCH3 is 1. The number of hydrogen-bond donors (Lipinski definition) is 1. The van der Waals surface area contributed by atoms with Gasteiger partial charge in [0.1, 0.15) is 0 Å². The molecule has 1 aromatic rings. The molecule has 3 rings (SSSR count). The van der Waals surface area contributed by atoms with Gasteiger partial charge in [0.25, 0.3) is 0 Å². The lowest BCUT2D eigenvalue weighted by Crippen LogP contribution is -2.47. The zero-order valence-electron chi connectivity index (χ0n) is 13.5. The molecule has 1 saturated heterocycles. The standard InChI is InChI=1S/C17H23F2NO3/c1-20-8-7-17(6-5-12(21)10-15(17)20)11-3-4-13(23-16(18)19)14(9-11)22-2/h3-4,9,12,15-16,21H,5-8,10H2,1-2H3/t12?,15?,17-/m0/s1. The Morgan fingerprint density at radius 1 is 1.30 bits per heavy atom. The van der Waals surface area contributed by atoms with Crippen LogP contribution >= 0.6 is 0 Å². The number of alkyl halides is 2. The highest BCUT2D eigenvalue weighted by Crippen LogP contribution is 2.49. The second-order valence-electron chi connectivity index (χ2n) is 6.57. The van der Waals surface area contributed by atoms with E-state index in [1.807, 2.05) is 12.1 Å². The second kappa shape index (κ2) is 6.24. The lowest BCUT2D eigenvalue weighted by molar-refractivity contribution is -0.0512. The molecule has 1 aromatic carbocycles. The fourth-order valence-corrected chi connectivity index (χ4v) is 4.27. The minimum atomic E-state index is -2.87. The number of aliphatic hydroxyl groups excluding tert-OH is 1. The van der Waals surface area contributed by atoms with Crippen molar-refractivity contribution in [3.63, 3.8) is 0 Å². The van der Waals surface area contributed by atoms with Crippen LogP contribution in [0.15, 0.2) is 18.2 Å². The first-order chi connectivity index (χ1) is 11.0. The van der Waals surface area contributed by atoms with Crippen LogP contribution < -0.4 is 9.47 Å². The number of rotatable bonds is 4. The molecule has 2 fully saturated rings. The van der Waals surface area contributed by atoms with Crippen LogP contribution in [-0.2, 0) is 5.41 Å². The summed E-state index contributed by atoms with van der Waals surface area (Å²) in [6, 6.07) is 5.51. The molecular weight excluding hydrogens is 304 g/mol. The lowest BCUT2D eigenvalue weighted by atomic mass is 9.65. The second-order valence-corrected chi connectivity index (χ2v) is 6.57. The van der Waals surface area contributed by atoms with Crippen molar-refractivity contribution in [3.05, 3.63) is 23.8 Å². The van der Waals surface area contributed by atoms with E-state index in [0.717, 1.165) is 37.8 Å². The van der Waals surface area contributed by atoms with Gasteiger partial charge in [-0.1, -0.05) is 6.07 Å². The maximum Gasteiger partial charge on any atom is 0.387 e. The maximum absolute atomic E-state index is 12.5. The minimum Gasteiger partial charge on any atom is -0.493 e. The van der Waals surface area contributed by atoms with Gasteiger partial charge in [0.05, 0.1) is 13.2 Å². The quantitative estimate of drug-likeness (QED) is 0.923. The number of likely N-dealkylation sites (tertiary alicyclic amines) is 1. The zero-order valence-corrected chi connectivity index (χ0v) is 13.5. The van der Waals surface area contributed by atoms with Gasteiger partial charge < -0.3 is 19.5 Å². The summed E-state index contributed by atoms with van der Waals surface area (Å²) in [5.74, 6) is 0.387. The van der Waals surface area contributed by atoms with Gasteiger partial charge in [0, 0.05) is 11.5 Å². The molecule has 1 saturated carbocycles. The van der Waals surface area contributed by atoms with Crippen molar-refractivity contribution in [1.82, 2.24) is 4.90 Å². The van der Waals surface area contributed by atoms with Crippen molar-refractivity contribution in [2.24, 2.45) is 0 Å². The number of halogens is 2. The zero-order chi connectivity index (χ0) is 16.6. The van der Waals surface area contributed by atoms with Crippen molar-refractivity contribution in [2.45, 2.75) is 49.9 Å². The van der Waals surface area contributed by atoms with Gasteiger partial charge in [-0.05, 0) is 57.0 Å². The van der Waals surface area contributed by atoms with Gasteiger partial charge in [-0.3, -0.25) is 0 Å². The van der Waals surface area contributed by atoms with Crippen LogP contribution in [-0.4, -0.2) is 49.5 Å². The SMILES string of the molecule is COc1cc([C@@]23CCC(O)CC2N(C)CC3)ccc1OC(F)F.